The van der Waals surface area contributed by atoms with Crippen LogP contribution in [0.25, 0.3) is 0 Å². The molecule has 0 aliphatic carbocycles. The second kappa shape index (κ2) is 42.4. The Morgan fingerprint density at radius 1 is 0.407 bits per heavy atom. The summed E-state index contributed by atoms with van der Waals surface area (Å²) < 4.78 is 2.07. The number of ketones is 1. The molecule has 5 nitrogen and oxygen atoms in total. The molecule has 0 unspecified atom stereocenters. The number of quaternary nitrogens is 2. The fourth-order valence-corrected chi connectivity index (χ4v) is 9.24. The van der Waals surface area contributed by atoms with Gasteiger partial charge in [-0.1, -0.05) is 164 Å². The molecule has 0 fully saturated rings. The Labute approximate surface area is 349 Å². The van der Waals surface area contributed by atoms with Gasteiger partial charge in [0.25, 0.3) is 0 Å². The molecule has 0 saturated heterocycles. The van der Waals surface area contributed by atoms with Crippen molar-refractivity contribution in [3.63, 3.8) is 0 Å². The smallest absolute Gasteiger partial charge is 0.220 e. The minimum Gasteiger partial charge on any atom is -0.358 e. The van der Waals surface area contributed by atoms with Gasteiger partial charge in [-0.15, -0.1) is 0 Å². The van der Waals surface area contributed by atoms with E-state index in [-0.39, 0.29) is 20.8 Å². The molecule has 0 aliphatic rings. The van der Waals surface area contributed by atoms with E-state index in [1.165, 1.54) is 167 Å². The summed E-state index contributed by atoms with van der Waals surface area (Å²) in [5, 5.41) is 3.11. The first-order valence-corrected chi connectivity index (χ1v) is 25.3. The Hall–Kier alpha value is -0.240. The van der Waals surface area contributed by atoms with E-state index in [2.05, 4.69) is 47.4 Å². The molecule has 0 aromatic rings. The molecular weight excluding hydrogens is 703 g/mol. The van der Waals surface area contributed by atoms with Crippen LogP contribution in [0.15, 0.2) is 0 Å². The summed E-state index contributed by atoms with van der Waals surface area (Å²) >= 11 is 0. The van der Waals surface area contributed by atoms with Crippen LogP contribution in [0.4, 0.5) is 0 Å². The second-order valence-electron chi connectivity index (χ2n) is 17.4. The predicted octanol–water partition coefficient (Wildman–Crippen LogP) is 13.8. The summed E-state index contributed by atoms with van der Waals surface area (Å²) in [7, 11) is 13.0. The third-order valence-electron chi connectivity index (χ3n) is 10.9. The number of nitrogens with one attached hydrogen (secondary N) is 1. The van der Waals surface area contributed by atoms with Gasteiger partial charge in [-0.05, 0) is 32.1 Å². The van der Waals surface area contributed by atoms with Crippen LogP contribution in [0.1, 0.15) is 206 Å². The monoisotopic (exact) mass is 802 g/mol. The number of Topliss-reactive ketones (excluding diaryl/α,β-unsaturated/α-hetero) is 1. The van der Waals surface area contributed by atoms with Crippen LogP contribution >= 0.6 is 21.6 Å². The summed E-state index contributed by atoms with van der Waals surface area (Å²) in [5.74, 6) is 2.56. The fourth-order valence-electron chi connectivity index (χ4n) is 7.25. The molecule has 1 amide bonds. The van der Waals surface area contributed by atoms with E-state index >= 15 is 0 Å². The lowest BCUT2D eigenvalue weighted by molar-refractivity contribution is -0.890. The van der Waals surface area contributed by atoms with E-state index in [0.29, 0.717) is 18.6 Å². The predicted molar refractivity (Wildman–Crippen MR) is 249 cm³/mol. The Morgan fingerprint density at radius 3 is 1.13 bits per heavy atom. The maximum Gasteiger partial charge on any atom is 0.220 e. The van der Waals surface area contributed by atoms with Gasteiger partial charge in [0.2, 0.25) is 5.91 Å². The molecule has 54 heavy (non-hydrogen) atoms. The van der Waals surface area contributed by atoms with Gasteiger partial charge in [0, 0.05) is 50.2 Å². The van der Waals surface area contributed by atoms with E-state index < -0.39 is 0 Å². The third kappa shape index (κ3) is 44.5. The van der Waals surface area contributed by atoms with Crippen molar-refractivity contribution in [2.75, 3.05) is 72.4 Å². The molecule has 0 aromatic heterocycles. The molecule has 0 spiro atoms. The SMILES string of the molecule is CCCCCCCCCCCCCC[N+](C)(C)CCCC(=O)CCCSSCCNC(=O)CCC[N+](C)(C)CCCCCCCCCCCCCC.[CH3-].[CH3-]. The molecule has 1 N–H and O–H groups in total. The largest absolute Gasteiger partial charge is 0.358 e. The second-order valence-corrected chi connectivity index (χ2v) is 20.1. The topological polar surface area (TPSA) is 46.2 Å². The highest BCUT2D eigenvalue weighted by Gasteiger charge is 2.16. The van der Waals surface area contributed by atoms with Crippen molar-refractivity contribution in [3.8, 4) is 0 Å². The summed E-state index contributed by atoms with van der Waals surface area (Å²) in [6.45, 7) is 9.95. The molecule has 0 heterocycles. The molecule has 0 saturated carbocycles. The van der Waals surface area contributed by atoms with Crippen molar-refractivity contribution in [2.24, 2.45) is 0 Å². The number of rotatable bonds is 42. The number of carbonyl (C=O) groups is 2. The molecule has 0 rings (SSSR count). The van der Waals surface area contributed by atoms with Crippen molar-refractivity contribution in [3.05, 3.63) is 14.9 Å². The van der Waals surface area contributed by atoms with Crippen LogP contribution in [0.2, 0.25) is 0 Å². The van der Waals surface area contributed by atoms with Crippen LogP contribution in [-0.2, 0) is 9.59 Å². The average molecular weight is 802 g/mol. The standard InChI is InChI=1S/C45H92N3O2S2.2CH3/c1-7-9-11-13-15-17-19-21-23-25-27-29-38-47(3,4)40-31-34-44(49)35-33-42-51-52-43-37-46-45(50)36-32-41-48(5,6)39-30-28-26-24-22-20-18-16-14-12-10-8-2;;/h7-43H2,1-6H3;2*1H3/q+1;2*-1/p+1. The number of hydrogen-bond donors (Lipinski definition) is 1. The van der Waals surface area contributed by atoms with Crippen molar-refractivity contribution >= 4 is 33.3 Å². The highest BCUT2D eigenvalue weighted by molar-refractivity contribution is 8.76. The number of amides is 1. The van der Waals surface area contributed by atoms with E-state index in [1.807, 2.05) is 21.6 Å². The zero-order valence-corrected chi connectivity index (χ0v) is 39.8. The van der Waals surface area contributed by atoms with Gasteiger partial charge >= 0.3 is 0 Å². The van der Waals surface area contributed by atoms with Crippen LogP contribution in [0.3, 0.4) is 0 Å². The first-order chi connectivity index (χ1) is 25.1. The van der Waals surface area contributed by atoms with Gasteiger partial charge in [0.1, 0.15) is 5.78 Å². The minimum atomic E-state index is 0. The van der Waals surface area contributed by atoms with Crippen LogP contribution in [0.5, 0.6) is 0 Å². The highest BCUT2D eigenvalue weighted by atomic mass is 33.1. The number of unbranched alkanes of at least 4 members (excludes halogenated alkanes) is 22. The number of nitrogens with zero attached hydrogens (tertiary/aromatic N) is 2. The van der Waals surface area contributed by atoms with Crippen LogP contribution in [0, 0.1) is 14.9 Å². The van der Waals surface area contributed by atoms with Gasteiger partial charge in [-0.3, -0.25) is 9.59 Å². The summed E-state index contributed by atoms with van der Waals surface area (Å²) in [6.07, 6.45) is 38.6. The molecular formula is C47H99N3O2S2. The Balaban J connectivity index is -0.0000130. The summed E-state index contributed by atoms with van der Waals surface area (Å²) in [6, 6.07) is 0. The fraction of sp³-hybridized carbons (Fsp3) is 0.915. The highest BCUT2D eigenvalue weighted by Crippen LogP contribution is 2.22. The minimum absolute atomic E-state index is 0. The molecule has 7 heteroatoms. The van der Waals surface area contributed by atoms with Gasteiger partial charge in [-0.2, -0.15) is 0 Å². The van der Waals surface area contributed by atoms with E-state index in [9.17, 15) is 9.59 Å². The summed E-state index contributed by atoms with van der Waals surface area (Å²) in [4.78, 5) is 24.8. The summed E-state index contributed by atoms with van der Waals surface area (Å²) in [5.41, 5.74) is 0. The maximum absolute atomic E-state index is 12.4. The molecule has 0 aromatic carbocycles. The van der Waals surface area contributed by atoms with Crippen LogP contribution in [-0.4, -0.2) is 93.1 Å². The average Bonchev–Trinajstić information content (AvgIpc) is 3.10. The van der Waals surface area contributed by atoms with E-state index in [4.69, 9.17) is 0 Å². The van der Waals surface area contributed by atoms with Crippen molar-refractivity contribution in [1.82, 2.24) is 5.32 Å². The van der Waals surface area contributed by atoms with Crippen molar-refractivity contribution < 1.29 is 18.6 Å². The lowest BCUT2D eigenvalue weighted by atomic mass is 10.1. The molecule has 0 atom stereocenters. The Kier molecular flexibility index (Phi) is 45.6. The number of carbonyl (C=O) groups excluding carboxylic acids is 2. The molecule has 0 bridgehead atoms. The first-order valence-electron chi connectivity index (χ1n) is 22.8. The lowest BCUT2D eigenvalue weighted by Crippen LogP contribution is -2.41. The van der Waals surface area contributed by atoms with Crippen molar-refractivity contribution in [2.45, 2.75) is 206 Å². The first kappa shape index (κ1) is 58.1. The van der Waals surface area contributed by atoms with Crippen molar-refractivity contribution in [1.29, 1.82) is 0 Å². The lowest BCUT2D eigenvalue weighted by Gasteiger charge is -2.29. The van der Waals surface area contributed by atoms with E-state index in [0.717, 1.165) is 65.8 Å². The van der Waals surface area contributed by atoms with Gasteiger partial charge < -0.3 is 29.1 Å². The van der Waals surface area contributed by atoms with E-state index in [1.54, 1.807) is 0 Å². The molecule has 0 radical (unpaired) electrons. The van der Waals surface area contributed by atoms with Gasteiger partial charge in [0.05, 0.1) is 54.4 Å². The molecule has 0 aliphatic heterocycles. The zero-order chi connectivity index (χ0) is 38.4. The quantitative estimate of drug-likeness (QED) is 0.0289. The molecule has 326 valence electrons. The third-order valence-corrected chi connectivity index (χ3v) is 13.4. The Morgan fingerprint density at radius 2 is 0.722 bits per heavy atom. The number of hydrogen-bond acceptors (Lipinski definition) is 4. The van der Waals surface area contributed by atoms with Gasteiger partial charge in [0.15, 0.2) is 0 Å². The maximum atomic E-state index is 12.4. The normalized spacial score (nSPS) is 11.7. The van der Waals surface area contributed by atoms with Crippen LogP contribution < -0.4 is 5.32 Å². The van der Waals surface area contributed by atoms with Gasteiger partial charge in [-0.25, -0.2) is 0 Å². The zero-order valence-electron chi connectivity index (χ0n) is 38.2. The Bertz CT molecular complexity index is 729.